The minimum absolute atomic E-state index is 0.0468. The molecule has 0 radical (unpaired) electrons. The van der Waals surface area contributed by atoms with E-state index in [1.807, 2.05) is 18.7 Å². The van der Waals surface area contributed by atoms with Gasteiger partial charge in [-0.05, 0) is 31.4 Å². The summed E-state index contributed by atoms with van der Waals surface area (Å²) in [7, 11) is 0. The molecule has 1 saturated heterocycles. The standard InChI is InChI=1S/C14H18N2O4/c1-9-7-8-15(13(9)14(17)18)10(2)11-3-5-12(6-4-11)16(19)20/h3-6,9-10,13H,7-8H2,1-2H3,(H,17,18). The van der Waals surface area contributed by atoms with E-state index in [2.05, 4.69) is 0 Å². The van der Waals surface area contributed by atoms with Crippen molar-refractivity contribution in [1.29, 1.82) is 0 Å². The molecule has 0 saturated carbocycles. The minimum Gasteiger partial charge on any atom is -0.480 e. The Morgan fingerprint density at radius 2 is 2.05 bits per heavy atom. The first-order chi connectivity index (χ1) is 9.41. The molecule has 1 fully saturated rings. The van der Waals surface area contributed by atoms with Gasteiger partial charge in [0.05, 0.1) is 4.92 Å². The average Bonchev–Trinajstić information content (AvgIpc) is 2.80. The first kappa shape index (κ1) is 14.5. The molecule has 0 amide bonds. The lowest BCUT2D eigenvalue weighted by Crippen LogP contribution is -2.40. The highest BCUT2D eigenvalue weighted by Gasteiger charge is 2.39. The molecule has 20 heavy (non-hydrogen) atoms. The predicted molar refractivity (Wildman–Crippen MR) is 73.4 cm³/mol. The first-order valence-corrected chi connectivity index (χ1v) is 6.64. The highest BCUT2D eigenvalue weighted by atomic mass is 16.6. The second-order valence-electron chi connectivity index (χ2n) is 5.31. The van der Waals surface area contributed by atoms with Gasteiger partial charge in [0.2, 0.25) is 0 Å². The van der Waals surface area contributed by atoms with Crippen LogP contribution in [0.2, 0.25) is 0 Å². The van der Waals surface area contributed by atoms with Gasteiger partial charge < -0.3 is 5.11 Å². The molecule has 1 aliphatic heterocycles. The molecule has 108 valence electrons. The molecule has 1 aliphatic rings. The van der Waals surface area contributed by atoms with E-state index in [9.17, 15) is 20.0 Å². The molecule has 6 heteroatoms. The van der Waals surface area contributed by atoms with Crippen LogP contribution in [0.15, 0.2) is 24.3 Å². The Bertz CT molecular complexity index is 514. The molecule has 0 aromatic heterocycles. The molecule has 0 aliphatic carbocycles. The Kier molecular flexibility index (Phi) is 4.04. The Morgan fingerprint density at radius 1 is 1.45 bits per heavy atom. The van der Waals surface area contributed by atoms with Gasteiger partial charge in [0, 0.05) is 18.2 Å². The van der Waals surface area contributed by atoms with Crippen molar-refractivity contribution in [2.24, 2.45) is 5.92 Å². The van der Waals surface area contributed by atoms with E-state index < -0.39 is 16.9 Å². The van der Waals surface area contributed by atoms with E-state index in [0.29, 0.717) is 0 Å². The van der Waals surface area contributed by atoms with Crippen LogP contribution in [0.3, 0.4) is 0 Å². The number of carboxylic acid groups (broad SMARTS) is 1. The summed E-state index contributed by atoms with van der Waals surface area (Å²) in [5.74, 6) is -0.684. The van der Waals surface area contributed by atoms with Crippen LogP contribution in [0.25, 0.3) is 0 Å². The fourth-order valence-corrected chi connectivity index (χ4v) is 2.86. The molecule has 1 aromatic carbocycles. The lowest BCUT2D eigenvalue weighted by molar-refractivity contribution is -0.384. The van der Waals surface area contributed by atoms with Crippen molar-refractivity contribution in [3.8, 4) is 0 Å². The molecule has 3 unspecified atom stereocenters. The van der Waals surface area contributed by atoms with Gasteiger partial charge in [0.15, 0.2) is 0 Å². The Balaban J connectivity index is 2.20. The monoisotopic (exact) mass is 278 g/mol. The van der Waals surface area contributed by atoms with Gasteiger partial charge >= 0.3 is 5.97 Å². The molecule has 2 rings (SSSR count). The number of aliphatic carboxylic acids is 1. The number of likely N-dealkylation sites (tertiary alicyclic amines) is 1. The van der Waals surface area contributed by atoms with Crippen molar-refractivity contribution in [3.63, 3.8) is 0 Å². The fourth-order valence-electron chi connectivity index (χ4n) is 2.86. The summed E-state index contributed by atoms with van der Waals surface area (Å²) in [5, 5.41) is 20.0. The highest BCUT2D eigenvalue weighted by molar-refractivity contribution is 5.74. The van der Waals surface area contributed by atoms with Crippen molar-refractivity contribution in [2.75, 3.05) is 6.54 Å². The summed E-state index contributed by atoms with van der Waals surface area (Å²) in [6, 6.07) is 5.76. The van der Waals surface area contributed by atoms with Crippen molar-refractivity contribution >= 4 is 11.7 Å². The van der Waals surface area contributed by atoms with E-state index in [4.69, 9.17) is 0 Å². The number of hydrogen-bond donors (Lipinski definition) is 1. The van der Waals surface area contributed by atoms with Crippen molar-refractivity contribution in [2.45, 2.75) is 32.4 Å². The number of carbonyl (C=O) groups is 1. The highest BCUT2D eigenvalue weighted by Crippen LogP contribution is 2.33. The third-order valence-electron chi connectivity index (χ3n) is 4.08. The number of carboxylic acids is 1. The topological polar surface area (TPSA) is 83.7 Å². The van der Waals surface area contributed by atoms with Gasteiger partial charge in [-0.15, -0.1) is 0 Å². The fraction of sp³-hybridized carbons (Fsp3) is 0.500. The SMILES string of the molecule is CC1CCN(C(C)c2ccc([N+](=O)[O-])cc2)C1C(=O)O. The number of hydrogen-bond acceptors (Lipinski definition) is 4. The third-order valence-corrected chi connectivity index (χ3v) is 4.08. The molecule has 1 aromatic rings. The third kappa shape index (κ3) is 2.65. The maximum Gasteiger partial charge on any atom is 0.321 e. The van der Waals surface area contributed by atoms with Crippen LogP contribution in [0.5, 0.6) is 0 Å². The van der Waals surface area contributed by atoms with E-state index in [0.717, 1.165) is 18.5 Å². The largest absolute Gasteiger partial charge is 0.480 e. The van der Waals surface area contributed by atoms with E-state index in [-0.39, 0.29) is 17.6 Å². The quantitative estimate of drug-likeness (QED) is 0.675. The number of nitro groups is 1. The lowest BCUT2D eigenvalue weighted by Gasteiger charge is -2.29. The van der Waals surface area contributed by atoms with Crippen LogP contribution in [0, 0.1) is 16.0 Å². The summed E-state index contributed by atoms with van der Waals surface area (Å²) >= 11 is 0. The number of nitrogens with zero attached hydrogens (tertiary/aromatic N) is 2. The van der Waals surface area contributed by atoms with Crippen LogP contribution >= 0.6 is 0 Å². The van der Waals surface area contributed by atoms with Gasteiger partial charge in [-0.25, -0.2) is 0 Å². The Labute approximate surface area is 117 Å². The summed E-state index contributed by atoms with van der Waals surface area (Å²) in [4.78, 5) is 23.5. The summed E-state index contributed by atoms with van der Waals surface area (Å²) in [5.41, 5.74) is 0.946. The van der Waals surface area contributed by atoms with E-state index in [1.54, 1.807) is 12.1 Å². The second kappa shape index (κ2) is 5.58. The molecule has 1 heterocycles. The molecule has 1 N–H and O–H groups in total. The average molecular weight is 278 g/mol. The van der Waals surface area contributed by atoms with E-state index in [1.165, 1.54) is 12.1 Å². The maximum absolute atomic E-state index is 11.4. The number of rotatable bonds is 4. The van der Waals surface area contributed by atoms with Crippen LogP contribution in [-0.4, -0.2) is 33.5 Å². The first-order valence-electron chi connectivity index (χ1n) is 6.64. The maximum atomic E-state index is 11.4. The predicted octanol–water partition coefficient (Wildman–Crippen LogP) is 2.45. The summed E-state index contributed by atoms with van der Waals surface area (Å²) < 4.78 is 0. The van der Waals surface area contributed by atoms with Crippen LogP contribution in [0.1, 0.15) is 31.9 Å². The molecule has 0 bridgehead atoms. The minimum atomic E-state index is -0.802. The summed E-state index contributed by atoms with van der Waals surface area (Å²) in [6.07, 6.45) is 0.855. The van der Waals surface area contributed by atoms with Gasteiger partial charge in [-0.2, -0.15) is 0 Å². The zero-order valence-corrected chi connectivity index (χ0v) is 11.5. The molecule has 0 spiro atoms. The number of benzene rings is 1. The van der Waals surface area contributed by atoms with E-state index >= 15 is 0 Å². The normalized spacial score (nSPS) is 24.5. The number of nitro benzene ring substituents is 1. The van der Waals surface area contributed by atoms with Crippen LogP contribution < -0.4 is 0 Å². The zero-order chi connectivity index (χ0) is 14.9. The van der Waals surface area contributed by atoms with Gasteiger partial charge in [-0.1, -0.05) is 19.1 Å². The molecular weight excluding hydrogens is 260 g/mol. The Hall–Kier alpha value is -1.95. The second-order valence-corrected chi connectivity index (χ2v) is 5.31. The van der Waals surface area contributed by atoms with Gasteiger partial charge in [0.25, 0.3) is 5.69 Å². The van der Waals surface area contributed by atoms with Crippen molar-refractivity contribution in [3.05, 3.63) is 39.9 Å². The lowest BCUT2D eigenvalue weighted by atomic mass is 10.0. The molecule has 3 atom stereocenters. The van der Waals surface area contributed by atoms with Gasteiger partial charge in [0.1, 0.15) is 6.04 Å². The summed E-state index contributed by atoms with van der Waals surface area (Å²) in [6.45, 7) is 4.62. The smallest absolute Gasteiger partial charge is 0.321 e. The zero-order valence-electron chi connectivity index (χ0n) is 11.5. The molecule has 6 nitrogen and oxygen atoms in total. The molecular formula is C14H18N2O4. The van der Waals surface area contributed by atoms with Crippen molar-refractivity contribution in [1.82, 2.24) is 4.90 Å². The van der Waals surface area contributed by atoms with Crippen LogP contribution in [-0.2, 0) is 4.79 Å². The van der Waals surface area contributed by atoms with Crippen LogP contribution in [0.4, 0.5) is 5.69 Å². The number of non-ortho nitro benzene ring substituents is 1. The van der Waals surface area contributed by atoms with Crippen molar-refractivity contribution < 1.29 is 14.8 Å². The van der Waals surface area contributed by atoms with Gasteiger partial charge in [-0.3, -0.25) is 19.8 Å². The Morgan fingerprint density at radius 3 is 2.55 bits per heavy atom.